The van der Waals surface area contributed by atoms with Crippen LogP contribution in [0.3, 0.4) is 0 Å². The van der Waals surface area contributed by atoms with Gasteiger partial charge in [0.1, 0.15) is 11.3 Å². The predicted octanol–water partition coefficient (Wildman–Crippen LogP) is 5.69. The van der Waals surface area contributed by atoms with Gasteiger partial charge < -0.3 is 14.4 Å². The number of ether oxygens (including phenoxy) is 1. The number of carboxylic acids is 1. The minimum Gasteiger partial charge on any atom is -0.478 e. The highest BCUT2D eigenvalue weighted by atomic mass is 32.2. The van der Waals surface area contributed by atoms with Gasteiger partial charge in [0.05, 0.1) is 27.6 Å². The minimum absolute atomic E-state index is 0.0564. The van der Waals surface area contributed by atoms with Crippen LogP contribution in [-0.4, -0.2) is 51.6 Å². The summed E-state index contributed by atoms with van der Waals surface area (Å²) in [4.78, 5) is 32.9. The number of hydrogen-bond donors (Lipinski definition) is 2. The number of aromatic carboxylic acids is 1. The lowest BCUT2D eigenvalue weighted by atomic mass is 10.1. The molecule has 0 fully saturated rings. The first kappa shape index (κ1) is 28.4. The molecule has 11 nitrogen and oxygen atoms in total. The van der Waals surface area contributed by atoms with Crippen molar-refractivity contribution < 1.29 is 32.4 Å². The molecule has 12 heteroatoms. The number of nitrogens with one attached hydrogen (secondary N) is 1. The molecular weight excluding hydrogens is 536 g/mol. The van der Waals surface area contributed by atoms with E-state index in [0.29, 0.717) is 22.5 Å². The Bertz CT molecular complexity index is 1650. The Hall–Kier alpha value is -4.58. The van der Waals surface area contributed by atoms with Crippen LogP contribution in [0.1, 0.15) is 45.0 Å². The smallest absolute Gasteiger partial charge is 0.413 e. The minimum atomic E-state index is -3.45. The van der Waals surface area contributed by atoms with Gasteiger partial charge in [-0.25, -0.2) is 28.0 Å². The molecule has 0 saturated carbocycles. The van der Waals surface area contributed by atoms with E-state index in [9.17, 15) is 18.0 Å². The fourth-order valence-corrected chi connectivity index (χ4v) is 4.65. The van der Waals surface area contributed by atoms with Crippen molar-refractivity contribution in [3.05, 3.63) is 66.4 Å². The molecule has 208 valence electrons. The summed E-state index contributed by atoms with van der Waals surface area (Å²) in [7, 11) is -3.45. The number of nitrogens with zero attached hydrogens (tertiary/aromatic N) is 3. The van der Waals surface area contributed by atoms with E-state index >= 15 is 0 Å². The average molecular weight is 565 g/mol. The van der Waals surface area contributed by atoms with Crippen molar-refractivity contribution in [3.63, 3.8) is 0 Å². The molecule has 0 unspecified atom stereocenters. The van der Waals surface area contributed by atoms with Gasteiger partial charge in [0.25, 0.3) is 0 Å². The first-order valence-electron chi connectivity index (χ1n) is 12.3. The highest BCUT2D eigenvalue weighted by Gasteiger charge is 2.23. The van der Waals surface area contributed by atoms with E-state index in [1.54, 1.807) is 65.0 Å². The maximum absolute atomic E-state index is 12.5. The van der Waals surface area contributed by atoms with Crippen molar-refractivity contribution in [2.24, 2.45) is 0 Å². The third-order valence-corrected chi connectivity index (χ3v) is 7.83. The van der Waals surface area contributed by atoms with E-state index in [1.165, 1.54) is 30.5 Å². The van der Waals surface area contributed by atoms with Crippen LogP contribution in [-0.2, 0) is 14.6 Å². The van der Waals surface area contributed by atoms with E-state index in [1.807, 2.05) is 0 Å². The lowest BCUT2D eigenvalue weighted by Crippen LogP contribution is -2.27. The molecule has 0 aliphatic rings. The van der Waals surface area contributed by atoms with E-state index in [4.69, 9.17) is 14.4 Å². The van der Waals surface area contributed by atoms with Crippen molar-refractivity contribution in [2.45, 2.75) is 50.4 Å². The molecule has 4 rings (SSSR count). The quantitative estimate of drug-likeness (QED) is 0.285. The van der Waals surface area contributed by atoms with Gasteiger partial charge >= 0.3 is 12.1 Å². The maximum Gasteiger partial charge on any atom is 0.413 e. The Morgan fingerprint density at radius 1 is 0.975 bits per heavy atom. The molecule has 0 radical (unpaired) electrons. The second-order valence-electron chi connectivity index (χ2n) is 10.2. The Kier molecular flexibility index (Phi) is 7.74. The predicted molar refractivity (Wildman–Crippen MR) is 148 cm³/mol. The third kappa shape index (κ3) is 6.34. The van der Waals surface area contributed by atoms with E-state index < -0.39 is 32.8 Å². The SMILES string of the molecule is CC(C)S(=O)(=O)c1ccc(-c2cnc(NC(=O)OC(C)(C)C)c(-c3cc(-c4ccc(C(=O)O)cc4)no3)n2)cc1. The van der Waals surface area contributed by atoms with Gasteiger partial charge in [-0.2, -0.15) is 0 Å². The average Bonchev–Trinajstić information content (AvgIpc) is 3.38. The van der Waals surface area contributed by atoms with Gasteiger partial charge in [0, 0.05) is 17.2 Å². The van der Waals surface area contributed by atoms with E-state index in [2.05, 4.69) is 20.4 Å². The monoisotopic (exact) mass is 564 g/mol. The largest absolute Gasteiger partial charge is 0.478 e. The van der Waals surface area contributed by atoms with Crippen LogP contribution in [0.2, 0.25) is 0 Å². The zero-order valence-corrected chi connectivity index (χ0v) is 23.3. The van der Waals surface area contributed by atoms with Gasteiger partial charge in [0.15, 0.2) is 27.1 Å². The number of rotatable bonds is 7. The Balaban J connectivity index is 1.74. The first-order chi connectivity index (χ1) is 18.7. The van der Waals surface area contributed by atoms with Gasteiger partial charge in [-0.1, -0.05) is 29.4 Å². The molecule has 0 bridgehead atoms. The molecule has 40 heavy (non-hydrogen) atoms. The van der Waals surface area contributed by atoms with Gasteiger partial charge in [-0.15, -0.1) is 0 Å². The molecule has 0 saturated heterocycles. The molecule has 2 heterocycles. The zero-order valence-electron chi connectivity index (χ0n) is 22.5. The molecule has 0 atom stereocenters. The highest BCUT2D eigenvalue weighted by Crippen LogP contribution is 2.32. The van der Waals surface area contributed by atoms with Crippen LogP contribution in [0.25, 0.3) is 34.0 Å². The number of amides is 1. The topological polar surface area (TPSA) is 162 Å². The first-order valence-corrected chi connectivity index (χ1v) is 13.8. The number of aromatic nitrogens is 3. The second-order valence-corrected chi connectivity index (χ2v) is 12.7. The molecule has 2 aromatic carbocycles. The molecule has 2 aromatic heterocycles. The summed E-state index contributed by atoms with van der Waals surface area (Å²) in [5.41, 5.74) is 1.52. The molecule has 2 N–H and O–H groups in total. The van der Waals surface area contributed by atoms with Crippen LogP contribution in [0.5, 0.6) is 0 Å². The van der Waals surface area contributed by atoms with Crippen molar-refractivity contribution in [1.29, 1.82) is 0 Å². The maximum atomic E-state index is 12.5. The number of sulfone groups is 1. The Morgan fingerprint density at radius 2 is 1.57 bits per heavy atom. The fraction of sp³-hybridized carbons (Fsp3) is 0.250. The fourth-order valence-electron chi connectivity index (χ4n) is 3.59. The lowest BCUT2D eigenvalue weighted by molar-refractivity contribution is 0.0633. The Morgan fingerprint density at radius 3 is 2.15 bits per heavy atom. The number of carbonyl (C=O) groups is 2. The van der Waals surface area contributed by atoms with Crippen LogP contribution in [0.4, 0.5) is 10.6 Å². The molecule has 4 aromatic rings. The number of benzene rings is 2. The van der Waals surface area contributed by atoms with Crippen molar-refractivity contribution in [1.82, 2.24) is 15.1 Å². The summed E-state index contributed by atoms with van der Waals surface area (Å²) >= 11 is 0. The van der Waals surface area contributed by atoms with E-state index in [-0.39, 0.29) is 27.7 Å². The summed E-state index contributed by atoms with van der Waals surface area (Å²) in [5, 5.41) is 15.2. The van der Waals surface area contributed by atoms with Crippen LogP contribution < -0.4 is 5.32 Å². The lowest BCUT2D eigenvalue weighted by Gasteiger charge is -2.19. The van der Waals surface area contributed by atoms with Crippen molar-refractivity contribution in [2.75, 3.05) is 5.32 Å². The number of carbonyl (C=O) groups excluding carboxylic acids is 1. The summed E-state index contributed by atoms with van der Waals surface area (Å²) in [6.45, 7) is 8.41. The second kappa shape index (κ2) is 10.9. The summed E-state index contributed by atoms with van der Waals surface area (Å²) in [6.07, 6.45) is 0.687. The van der Waals surface area contributed by atoms with Crippen LogP contribution in [0.15, 0.2) is 70.2 Å². The van der Waals surface area contributed by atoms with Crippen LogP contribution in [0, 0.1) is 0 Å². The standard InChI is InChI=1S/C28H28N4O7S/c1-16(2)40(36,37)20-12-10-18(11-13-20)22-15-29-25(31-27(35)38-28(3,4)5)24(30-22)23-14-21(32-39-23)17-6-8-19(9-7-17)26(33)34/h6-16H,1-5H3,(H,33,34)(H,29,31,35). The normalized spacial score (nSPS) is 11.8. The molecule has 1 amide bonds. The van der Waals surface area contributed by atoms with Crippen molar-refractivity contribution in [3.8, 4) is 34.0 Å². The molecular formula is C28H28N4O7S. The summed E-state index contributed by atoms with van der Waals surface area (Å²) < 4.78 is 35.9. The summed E-state index contributed by atoms with van der Waals surface area (Å²) in [5.74, 6) is -0.815. The number of carboxylic acid groups (broad SMARTS) is 1. The highest BCUT2D eigenvalue weighted by molar-refractivity contribution is 7.92. The summed E-state index contributed by atoms with van der Waals surface area (Å²) in [6, 6.07) is 13.9. The van der Waals surface area contributed by atoms with Gasteiger partial charge in [-0.05, 0) is 58.9 Å². The zero-order chi connectivity index (χ0) is 29.2. The molecule has 0 spiro atoms. The third-order valence-electron chi connectivity index (χ3n) is 5.66. The van der Waals surface area contributed by atoms with Crippen LogP contribution >= 0.6 is 0 Å². The van der Waals surface area contributed by atoms with Crippen molar-refractivity contribution >= 4 is 27.7 Å². The van der Waals surface area contributed by atoms with Gasteiger partial charge in [-0.3, -0.25) is 5.32 Å². The Labute approximate surface area is 231 Å². The van der Waals surface area contributed by atoms with E-state index in [0.717, 1.165) is 0 Å². The molecule has 0 aliphatic heterocycles. The number of hydrogen-bond acceptors (Lipinski definition) is 9. The molecule has 0 aliphatic carbocycles. The van der Waals surface area contributed by atoms with Gasteiger partial charge in [0.2, 0.25) is 0 Å². The number of anilines is 1.